The van der Waals surface area contributed by atoms with E-state index in [1.54, 1.807) is 0 Å². The molecule has 0 bridgehead atoms. The molecule has 39 heavy (non-hydrogen) atoms. The normalized spacial score (nSPS) is 59.8. The number of fused-ring (bicyclic) bond motifs is 6. The summed E-state index contributed by atoms with van der Waals surface area (Å²) in [7, 11) is 0. The van der Waals surface area contributed by atoms with Crippen LogP contribution >= 0.6 is 0 Å². The Balaban J connectivity index is 1.02. The van der Waals surface area contributed by atoms with Gasteiger partial charge < -0.3 is 43.7 Å². The summed E-state index contributed by atoms with van der Waals surface area (Å²) in [5.74, 6) is -0.470. The minimum atomic E-state index is -1.29. The molecule has 4 heterocycles. The second-order valence-corrected chi connectivity index (χ2v) is 14.1. The van der Waals surface area contributed by atoms with Gasteiger partial charge >= 0.3 is 5.97 Å². The fourth-order valence-corrected chi connectivity index (χ4v) is 10.9. The van der Waals surface area contributed by atoms with Gasteiger partial charge in [0.2, 0.25) is 0 Å². The molecule has 8 fully saturated rings. The van der Waals surface area contributed by atoms with Crippen molar-refractivity contribution in [1.82, 2.24) is 0 Å². The lowest BCUT2D eigenvalue weighted by Gasteiger charge is -2.64. The highest BCUT2D eigenvalue weighted by Gasteiger charge is 2.77. The van der Waals surface area contributed by atoms with Crippen molar-refractivity contribution < 1.29 is 48.5 Å². The highest BCUT2D eigenvalue weighted by molar-refractivity contribution is 5.73. The van der Waals surface area contributed by atoms with Crippen LogP contribution in [0.3, 0.4) is 0 Å². The summed E-state index contributed by atoms with van der Waals surface area (Å²) in [5, 5.41) is 36.8. The Morgan fingerprint density at radius 2 is 1.72 bits per heavy atom. The van der Waals surface area contributed by atoms with Crippen LogP contribution in [0.15, 0.2) is 0 Å². The maximum Gasteiger partial charge on any atom is 0.308 e. The van der Waals surface area contributed by atoms with Crippen molar-refractivity contribution in [3.8, 4) is 0 Å². The summed E-state index contributed by atoms with van der Waals surface area (Å²) in [4.78, 5) is 12.1. The van der Waals surface area contributed by atoms with Gasteiger partial charge in [0.05, 0.1) is 48.1 Å². The smallest absolute Gasteiger partial charge is 0.308 e. The molecule has 8 aliphatic rings. The van der Waals surface area contributed by atoms with Crippen molar-refractivity contribution in [1.29, 1.82) is 0 Å². The second kappa shape index (κ2) is 8.37. The van der Waals surface area contributed by atoms with Gasteiger partial charge in [-0.05, 0) is 70.1 Å². The molecular weight excluding hydrogens is 508 g/mol. The van der Waals surface area contributed by atoms with Gasteiger partial charge in [0.1, 0.15) is 25.1 Å². The molecule has 4 saturated heterocycles. The van der Waals surface area contributed by atoms with Crippen LogP contribution in [0.1, 0.15) is 77.6 Å². The van der Waals surface area contributed by atoms with E-state index in [9.17, 15) is 20.1 Å². The van der Waals surface area contributed by atoms with E-state index in [1.807, 2.05) is 6.92 Å². The molecule has 0 aromatic rings. The standard InChI is InChI=1S/C29H42O10/c1-16-10-20-23(36-15-35-20)24(38-16)39-17-2-8-29(33)19-3-6-25-13-37-26(12-22(30)34-14-26)21(25)5-9-28(25,32)18(19)4-7-27(29,31)11-17/h16-21,23-24,31-33H,2-15H2,1H3/t16-,17+,18-,19+,20-,21-,23-,24+,25+,26+,27+,28+,29+/m1/s1. The molecule has 4 aliphatic carbocycles. The summed E-state index contributed by atoms with van der Waals surface area (Å²) in [6.07, 6.45) is 5.17. The topological polar surface area (TPSA) is 133 Å². The lowest BCUT2D eigenvalue weighted by molar-refractivity contribution is -0.311. The van der Waals surface area contributed by atoms with E-state index in [-0.39, 0.29) is 68.0 Å². The average Bonchev–Trinajstić information content (AvgIpc) is 3.64. The fourth-order valence-electron chi connectivity index (χ4n) is 10.9. The average molecular weight is 551 g/mol. The van der Waals surface area contributed by atoms with Crippen LogP contribution in [-0.2, 0) is 33.2 Å². The summed E-state index contributed by atoms with van der Waals surface area (Å²) < 4.78 is 35.7. The van der Waals surface area contributed by atoms with Crippen LogP contribution in [-0.4, -0.2) is 94.4 Å². The summed E-state index contributed by atoms with van der Waals surface area (Å²) in [5.41, 5.74) is -4.61. The first-order valence-electron chi connectivity index (χ1n) is 15.1. The fraction of sp³-hybridized carbons (Fsp3) is 0.966. The van der Waals surface area contributed by atoms with Gasteiger partial charge in [-0.1, -0.05) is 0 Å². The zero-order valence-electron chi connectivity index (χ0n) is 22.7. The van der Waals surface area contributed by atoms with Crippen molar-refractivity contribution in [3.05, 3.63) is 0 Å². The Morgan fingerprint density at radius 3 is 2.54 bits per heavy atom. The predicted octanol–water partition coefficient (Wildman–Crippen LogP) is 1.56. The van der Waals surface area contributed by atoms with Gasteiger partial charge in [0.15, 0.2) is 6.29 Å². The van der Waals surface area contributed by atoms with Gasteiger partial charge in [-0.25, -0.2) is 0 Å². The Labute approximate surface area is 228 Å². The predicted molar refractivity (Wildman–Crippen MR) is 132 cm³/mol. The molecule has 3 N–H and O–H groups in total. The number of rotatable bonds is 2. The molecule has 10 nitrogen and oxygen atoms in total. The van der Waals surface area contributed by atoms with Gasteiger partial charge in [0, 0.05) is 24.2 Å². The molecular formula is C29H42O10. The second-order valence-electron chi connectivity index (χ2n) is 14.1. The number of hydrogen-bond donors (Lipinski definition) is 3. The first kappa shape index (κ1) is 25.8. The lowest BCUT2D eigenvalue weighted by Crippen LogP contribution is -2.72. The number of aliphatic hydroxyl groups is 3. The van der Waals surface area contributed by atoms with Crippen molar-refractivity contribution in [2.75, 3.05) is 20.0 Å². The number of ether oxygens (including phenoxy) is 6. The summed E-state index contributed by atoms with van der Waals surface area (Å²) in [6, 6.07) is 0. The minimum absolute atomic E-state index is 0.00448. The van der Waals surface area contributed by atoms with Gasteiger partial charge in [-0.2, -0.15) is 0 Å². The molecule has 218 valence electrons. The van der Waals surface area contributed by atoms with Crippen LogP contribution < -0.4 is 0 Å². The van der Waals surface area contributed by atoms with Gasteiger partial charge in [0.25, 0.3) is 0 Å². The molecule has 0 aromatic carbocycles. The number of carbonyl (C=O) groups excluding carboxylic acids is 1. The van der Waals surface area contributed by atoms with Crippen LogP contribution in [0, 0.1) is 23.2 Å². The molecule has 8 rings (SSSR count). The third kappa shape index (κ3) is 3.29. The molecule has 0 aromatic heterocycles. The van der Waals surface area contributed by atoms with Crippen molar-refractivity contribution in [2.24, 2.45) is 23.2 Å². The molecule has 2 spiro atoms. The van der Waals surface area contributed by atoms with E-state index in [0.29, 0.717) is 45.1 Å². The highest BCUT2D eigenvalue weighted by atomic mass is 16.8. The number of carbonyl (C=O) groups is 1. The Morgan fingerprint density at radius 1 is 0.923 bits per heavy atom. The zero-order chi connectivity index (χ0) is 26.8. The van der Waals surface area contributed by atoms with E-state index >= 15 is 0 Å². The lowest BCUT2D eigenvalue weighted by atomic mass is 9.45. The molecule has 4 aliphatic heterocycles. The first-order chi connectivity index (χ1) is 18.6. The van der Waals surface area contributed by atoms with Crippen LogP contribution in [0.4, 0.5) is 0 Å². The van der Waals surface area contributed by atoms with E-state index < -0.39 is 34.1 Å². The molecule has 0 unspecified atom stereocenters. The largest absolute Gasteiger partial charge is 0.462 e. The monoisotopic (exact) mass is 550 g/mol. The van der Waals surface area contributed by atoms with Crippen molar-refractivity contribution in [3.63, 3.8) is 0 Å². The highest BCUT2D eigenvalue weighted by Crippen LogP contribution is 2.72. The van der Waals surface area contributed by atoms with Crippen LogP contribution in [0.5, 0.6) is 0 Å². The zero-order valence-corrected chi connectivity index (χ0v) is 22.7. The molecule has 13 atom stereocenters. The van der Waals surface area contributed by atoms with E-state index in [2.05, 4.69) is 0 Å². The number of esters is 1. The Hall–Kier alpha value is -0.850. The summed E-state index contributed by atoms with van der Waals surface area (Å²) in [6.45, 7) is 2.95. The molecule has 10 heteroatoms. The maximum absolute atomic E-state index is 12.5. The Kier molecular flexibility index (Phi) is 5.54. The van der Waals surface area contributed by atoms with Crippen molar-refractivity contribution in [2.45, 2.75) is 131 Å². The third-order valence-corrected chi connectivity index (χ3v) is 12.7. The van der Waals surface area contributed by atoms with E-state index in [0.717, 1.165) is 25.7 Å². The quantitative estimate of drug-likeness (QED) is 0.344. The van der Waals surface area contributed by atoms with Gasteiger partial charge in [-0.15, -0.1) is 0 Å². The van der Waals surface area contributed by atoms with Gasteiger partial charge in [-0.3, -0.25) is 4.79 Å². The van der Waals surface area contributed by atoms with Crippen LogP contribution in [0.2, 0.25) is 0 Å². The summed E-state index contributed by atoms with van der Waals surface area (Å²) >= 11 is 0. The van der Waals surface area contributed by atoms with E-state index in [1.165, 1.54) is 0 Å². The number of cyclic esters (lactones) is 1. The molecule has 4 saturated carbocycles. The minimum Gasteiger partial charge on any atom is -0.462 e. The molecule has 0 radical (unpaired) electrons. The number of hydrogen-bond acceptors (Lipinski definition) is 10. The molecule has 0 amide bonds. The Bertz CT molecular complexity index is 1040. The van der Waals surface area contributed by atoms with E-state index in [4.69, 9.17) is 28.4 Å². The van der Waals surface area contributed by atoms with Crippen molar-refractivity contribution >= 4 is 5.97 Å². The maximum atomic E-state index is 12.5. The third-order valence-electron chi connectivity index (χ3n) is 12.7. The van der Waals surface area contributed by atoms with Crippen LogP contribution in [0.25, 0.3) is 0 Å². The SMILES string of the molecule is C[C@@H]1C[C@H]2OCO[C@H]2[C@H](O[C@H]2CC[C@]3(O)[C@H]4CC[C@]56CO[C@@]7(COC(=O)C7)[C@@H]5CC[C@]6(O)[C@@H]4CC[C@]3(O)C2)O1. The first-order valence-corrected chi connectivity index (χ1v) is 15.1.